The van der Waals surface area contributed by atoms with Gasteiger partial charge in [-0.25, -0.2) is 0 Å². The van der Waals surface area contributed by atoms with Crippen LogP contribution in [0.5, 0.6) is 0 Å². The zero-order valence-corrected chi connectivity index (χ0v) is 9.78. The molecule has 1 aliphatic heterocycles. The summed E-state index contributed by atoms with van der Waals surface area (Å²) in [7, 11) is 0. The van der Waals surface area contributed by atoms with Crippen LogP contribution in [0.4, 0.5) is 0 Å². The highest BCUT2D eigenvalue weighted by Gasteiger charge is 2.25. The SMILES string of the molecule is CC(C)=C1CCCCN1C(C)(C)C. The molecule has 0 unspecified atom stereocenters. The van der Waals surface area contributed by atoms with E-state index in [0.717, 1.165) is 0 Å². The summed E-state index contributed by atoms with van der Waals surface area (Å²) in [6.07, 6.45) is 4.00. The van der Waals surface area contributed by atoms with Crippen LogP contribution in [-0.2, 0) is 0 Å². The van der Waals surface area contributed by atoms with E-state index in [4.69, 9.17) is 0 Å². The first kappa shape index (κ1) is 10.6. The van der Waals surface area contributed by atoms with E-state index in [2.05, 4.69) is 39.5 Å². The fraction of sp³-hybridized carbons (Fsp3) is 0.833. The van der Waals surface area contributed by atoms with E-state index in [1.54, 1.807) is 5.70 Å². The van der Waals surface area contributed by atoms with E-state index in [0.29, 0.717) is 5.54 Å². The minimum absolute atomic E-state index is 0.299. The number of piperidine rings is 1. The van der Waals surface area contributed by atoms with Crippen molar-refractivity contribution in [3.63, 3.8) is 0 Å². The van der Waals surface area contributed by atoms with Crippen molar-refractivity contribution in [2.75, 3.05) is 6.54 Å². The predicted molar refractivity (Wildman–Crippen MR) is 58.7 cm³/mol. The molecule has 0 aromatic heterocycles. The van der Waals surface area contributed by atoms with Crippen molar-refractivity contribution in [1.29, 1.82) is 0 Å². The van der Waals surface area contributed by atoms with Crippen LogP contribution in [0.1, 0.15) is 53.9 Å². The van der Waals surface area contributed by atoms with Gasteiger partial charge >= 0.3 is 0 Å². The predicted octanol–water partition coefficient (Wildman–Crippen LogP) is 3.56. The average molecular weight is 181 g/mol. The minimum atomic E-state index is 0.299. The summed E-state index contributed by atoms with van der Waals surface area (Å²) in [5, 5.41) is 0. The molecular formula is C12H23N. The van der Waals surface area contributed by atoms with Crippen LogP contribution in [0.2, 0.25) is 0 Å². The van der Waals surface area contributed by atoms with E-state index in [1.165, 1.54) is 31.4 Å². The maximum absolute atomic E-state index is 2.58. The monoisotopic (exact) mass is 181 g/mol. The largest absolute Gasteiger partial charge is 0.370 e. The fourth-order valence-corrected chi connectivity index (χ4v) is 2.09. The van der Waals surface area contributed by atoms with E-state index < -0.39 is 0 Å². The Bertz CT molecular complexity index is 204. The molecular weight excluding hydrogens is 158 g/mol. The molecule has 1 nitrogen and oxygen atoms in total. The maximum atomic E-state index is 2.58. The molecule has 0 atom stereocenters. The fourth-order valence-electron chi connectivity index (χ4n) is 2.09. The molecule has 76 valence electrons. The highest BCUT2D eigenvalue weighted by molar-refractivity contribution is 5.13. The lowest BCUT2D eigenvalue weighted by molar-refractivity contribution is 0.155. The smallest absolute Gasteiger partial charge is 0.0314 e. The maximum Gasteiger partial charge on any atom is 0.0314 e. The zero-order valence-electron chi connectivity index (χ0n) is 9.78. The normalized spacial score (nSPS) is 19.2. The van der Waals surface area contributed by atoms with Gasteiger partial charge in [0.1, 0.15) is 0 Å². The van der Waals surface area contributed by atoms with Gasteiger partial charge in [-0.05, 0) is 53.9 Å². The van der Waals surface area contributed by atoms with Crippen molar-refractivity contribution in [2.24, 2.45) is 0 Å². The lowest BCUT2D eigenvalue weighted by Gasteiger charge is -2.43. The Morgan fingerprint density at radius 1 is 1.15 bits per heavy atom. The van der Waals surface area contributed by atoms with Gasteiger partial charge in [-0.1, -0.05) is 5.57 Å². The first-order chi connectivity index (χ1) is 5.93. The molecule has 0 bridgehead atoms. The molecule has 0 aromatic carbocycles. The molecule has 0 amide bonds. The Kier molecular flexibility index (Phi) is 3.05. The molecule has 1 aliphatic rings. The van der Waals surface area contributed by atoms with Gasteiger partial charge in [-0.2, -0.15) is 0 Å². The van der Waals surface area contributed by atoms with Crippen LogP contribution in [0.3, 0.4) is 0 Å². The molecule has 1 saturated heterocycles. The van der Waals surface area contributed by atoms with Gasteiger partial charge in [-0.3, -0.25) is 0 Å². The molecule has 0 N–H and O–H groups in total. The third-order valence-electron chi connectivity index (χ3n) is 2.76. The van der Waals surface area contributed by atoms with Crippen LogP contribution in [0, 0.1) is 0 Å². The number of hydrogen-bond acceptors (Lipinski definition) is 1. The van der Waals surface area contributed by atoms with Crippen molar-refractivity contribution in [3.8, 4) is 0 Å². The number of nitrogens with zero attached hydrogens (tertiary/aromatic N) is 1. The summed E-state index contributed by atoms with van der Waals surface area (Å²) in [5.74, 6) is 0. The molecule has 13 heavy (non-hydrogen) atoms. The highest BCUT2D eigenvalue weighted by atomic mass is 15.2. The molecule has 0 saturated carbocycles. The van der Waals surface area contributed by atoms with Gasteiger partial charge < -0.3 is 4.90 Å². The molecule has 0 radical (unpaired) electrons. The first-order valence-electron chi connectivity index (χ1n) is 5.37. The Labute approximate surface area is 82.8 Å². The van der Waals surface area contributed by atoms with Gasteiger partial charge in [-0.15, -0.1) is 0 Å². The second kappa shape index (κ2) is 3.73. The lowest BCUT2D eigenvalue weighted by atomic mass is 9.96. The Balaban J connectivity index is 2.87. The Morgan fingerprint density at radius 2 is 1.77 bits per heavy atom. The van der Waals surface area contributed by atoms with Crippen molar-refractivity contribution < 1.29 is 0 Å². The summed E-state index contributed by atoms with van der Waals surface area (Å²) in [5.41, 5.74) is 3.38. The number of allylic oxidation sites excluding steroid dienone is 2. The van der Waals surface area contributed by atoms with Crippen molar-refractivity contribution in [2.45, 2.75) is 59.4 Å². The summed E-state index contributed by atoms with van der Waals surface area (Å²) in [4.78, 5) is 2.58. The molecule has 0 aliphatic carbocycles. The molecule has 0 aromatic rings. The first-order valence-corrected chi connectivity index (χ1v) is 5.37. The van der Waals surface area contributed by atoms with Crippen LogP contribution in [0.25, 0.3) is 0 Å². The van der Waals surface area contributed by atoms with Crippen molar-refractivity contribution >= 4 is 0 Å². The Hall–Kier alpha value is -0.460. The number of likely N-dealkylation sites (tertiary alicyclic amines) is 1. The molecule has 1 rings (SSSR count). The summed E-state index contributed by atoms with van der Waals surface area (Å²) in [6.45, 7) is 12.6. The van der Waals surface area contributed by atoms with Crippen LogP contribution in [0.15, 0.2) is 11.3 Å². The topological polar surface area (TPSA) is 3.24 Å². The van der Waals surface area contributed by atoms with Gasteiger partial charge in [0.05, 0.1) is 0 Å². The summed E-state index contributed by atoms with van der Waals surface area (Å²) in [6, 6.07) is 0. The van der Waals surface area contributed by atoms with Crippen molar-refractivity contribution in [3.05, 3.63) is 11.3 Å². The molecule has 1 fully saturated rings. The molecule has 0 spiro atoms. The van der Waals surface area contributed by atoms with E-state index in [9.17, 15) is 0 Å². The summed E-state index contributed by atoms with van der Waals surface area (Å²) >= 11 is 0. The van der Waals surface area contributed by atoms with E-state index >= 15 is 0 Å². The third-order valence-corrected chi connectivity index (χ3v) is 2.76. The highest BCUT2D eigenvalue weighted by Crippen LogP contribution is 2.29. The quantitative estimate of drug-likeness (QED) is 0.552. The second-order valence-corrected chi connectivity index (χ2v) is 5.23. The minimum Gasteiger partial charge on any atom is -0.370 e. The van der Waals surface area contributed by atoms with E-state index in [1.807, 2.05) is 0 Å². The van der Waals surface area contributed by atoms with Crippen LogP contribution in [-0.4, -0.2) is 17.0 Å². The van der Waals surface area contributed by atoms with Crippen LogP contribution >= 0.6 is 0 Å². The third kappa shape index (κ3) is 2.49. The van der Waals surface area contributed by atoms with Gasteiger partial charge in [0, 0.05) is 17.8 Å². The summed E-state index contributed by atoms with van der Waals surface area (Å²) < 4.78 is 0. The van der Waals surface area contributed by atoms with Gasteiger partial charge in [0.25, 0.3) is 0 Å². The molecule has 1 heteroatoms. The van der Waals surface area contributed by atoms with Crippen molar-refractivity contribution in [1.82, 2.24) is 4.90 Å². The number of hydrogen-bond donors (Lipinski definition) is 0. The van der Waals surface area contributed by atoms with E-state index in [-0.39, 0.29) is 0 Å². The average Bonchev–Trinajstić information content (AvgIpc) is 2.03. The zero-order chi connectivity index (χ0) is 10.1. The van der Waals surface area contributed by atoms with Gasteiger partial charge in [0.15, 0.2) is 0 Å². The second-order valence-electron chi connectivity index (χ2n) is 5.23. The standard InChI is InChI=1S/C12H23N/c1-10(2)11-8-6-7-9-13(11)12(3,4)5/h6-9H2,1-5H3. The molecule has 1 heterocycles. The van der Waals surface area contributed by atoms with Gasteiger partial charge in [0.2, 0.25) is 0 Å². The Morgan fingerprint density at radius 3 is 2.15 bits per heavy atom. The lowest BCUT2D eigenvalue weighted by Crippen LogP contribution is -2.43. The van der Waals surface area contributed by atoms with Crippen LogP contribution < -0.4 is 0 Å². The number of rotatable bonds is 0.